The number of hydrogen-bond donors (Lipinski definition) is 3. The second-order valence-corrected chi connectivity index (χ2v) is 5.50. The predicted octanol–water partition coefficient (Wildman–Crippen LogP) is 1.70. The van der Waals surface area contributed by atoms with Crippen molar-refractivity contribution in [1.29, 1.82) is 0 Å². The summed E-state index contributed by atoms with van der Waals surface area (Å²) < 4.78 is 0. The quantitative estimate of drug-likeness (QED) is 0.329. The first-order valence-electron chi connectivity index (χ1n) is 6.01. The number of nitrogens with zero attached hydrogens (tertiary/aromatic N) is 2. The Balaban J connectivity index is 2.69. The molecule has 0 spiro atoms. The van der Waals surface area contributed by atoms with E-state index in [0.29, 0.717) is 11.7 Å². The molecule has 0 radical (unpaired) electrons. The summed E-state index contributed by atoms with van der Waals surface area (Å²) in [6, 6.07) is 4.12. The van der Waals surface area contributed by atoms with Crippen LogP contribution in [0, 0.1) is 5.41 Å². The normalized spacial score (nSPS) is 14.6. The van der Waals surface area contributed by atoms with Gasteiger partial charge in [0.1, 0.15) is 5.69 Å². The lowest BCUT2D eigenvalue weighted by atomic mass is 9.88. The molecule has 1 aromatic heterocycles. The van der Waals surface area contributed by atoms with Crippen molar-refractivity contribution in [3.8, 4) is 0 Å². The third-order valence-electron chi connectivity index (χ3n) is 3.11. The number of rotatable bonds is 4. The molecule has 0 fully saturated rings. The van der Waals surface area contributed by atoms with Crippen molar-refractivity contribution < 1.29 is 5.21 Å². The van der Waals surface area contributed by atoms with Gasteiger partial charge in [0.05, 0.1) is 0 Å². The molecule has 5 heteroatoms. The minimum Gasteiger partial charge on any atom is -0.409 e. The van der Waals surface area contributed by atoms with Crippen molar-refractivity contribution in [1.82, 2.24) is 10.3 Å². The highest BCUT2D eigenvalue weighted by Crippen LogP contribution is 2.18. The van der Waals surface area contributed by atoms with Gasteiger partial charge in [0, 0.05) is 18.8 Å². The smallest absolute Gasteiger partial charge is 0.188 e. The minimum atomic E-state index is 0.0284. The molecule has 0 aliphatic rings. The van der Waals surface area contributed by atoms with Crippen LogP contribution in [0.15, 0.2) is 23.5 Å². The van der Waals surface area contributed by atoms with E-state index in [0.717, 1.165) is 12.1 Å². The third-order valence-corrected chi connectivity index (χ3v) is 3.11. The first-order valence-corrected chi connectivity index (χ1v) is 6.01. The Morgan fingerprint density at radius 2 is 2.22 bits per heavy atom. The van der Waals surface area contributed by atoms with Crippen molar-refractivity contribution in [2.45, 2.75) is 40.3 Å². The highest BCUT2D eigenvalue weighted by molar-refractivity contribution is 5.95. The lowest BCUT2D eigenvalue weighted by molar-refractivity contribution is 0.285. The molecule has 1 atom stereocenters. The van der Waals surface area contributed by atoms with E-state index in [1.165, 1.54) is 0 Å². The molecular formula is C13H22N4O. The van der Waals surface area contributed by atoms with E-state index in [1.54, 1.807) is 6.20 Å². The van der Waals surface area contributed by atoms with Crippen LogP contribution in [-0.4, -0.2) is 22.1 Å². The average Bonchev–Trinajstić information content (AvgIpc) is 2.34. The summed E-state index contributed by atoms with van der Waals surface area (Å²) in [5.41, 5.74) is 7.26. The standard InChI is InChI=1S/C13H22N4O/c1-9(13(2,3)4)16-8-10-5-6-15-11(7-10)12(14)17-18/h5-7,9,16,18H,8H2,1-4H3,(H2,14,17). The number of amidine groups is 1. The van der Waals surface area contributed by atoms with Crippen LogP contribution >= 0.6 is 0 Å². The van der Waals surface area contributed by atoms with Gasteiger partial charge in [-0.25, -0.2) is 0 Å². The van der Waals surface area contributed by atoms with Crippen LogP contribution in [0.3, 0.4) is 0 Å². The second-order valence-electron chi connectivity index (χ2n) is 5.50. The molecule has 1 heterocycles. The summed E-state index contributed by atoms with van der Waals surface area (Å²) in [6.07, 6.45) is 1.66. The van der Waals surface area contributed by atoms with Gasteiger partial charge >= 0.3 is 0 Å². The average molecular weight is 250 g/mol. The Hall–Kier alpha value is -1.62. The number of aromatic nitrogens is 1. The highest BCUT2D eigenvalue weighted by Gasteiger charge is 2.19. The zero-order valence-electron chi connectivity index (χ0n) is 11.4. The van der Waals surface area contributed by atoms with E-state index < -0.39 is 0 Å². The van der Waals surface area contributed by atoms with Gasteiger partial charge in [0.15, 0.2) is 5.84 Å². The SMILES string of the molecule is CC(NCc1ccnc(/C(N)=N/O)c1)C(C)(C)C. The van der Waals surface area contributed by atoms with Crippen LogP contribution in [0.25, 0.3) is 0 Å². The van der Waals surface area contributed by atoms with E-state index in [-0.39, 0.29) is 11.3 Å². The van der Waals surface area contributed by atoms with E-state index >= 15 is 0 Å². The van der Waals surface area contributed by atoms with Gasteiger partial charge in [-0.05, 0) is 30.0 Å². The predicted molar refractivity (Wildman–Crippen MR) is 72.5 cm³/mol. The van der Waals surface area contributed by atoms with E-state index in [4.69, 9.17) is 10.9 Å². The van der Waals surface area contributed by atoms with Gasteiger partial charge < -0.3 is 16.3 Å². The van der Waals surface area contributed by atoms with E-state index in [2.05, 4.69) is 43.2 Å². The fourth-order valence-electron chi connectivity index (χ4n) is 1.35. The van der Waals surface area contributed by atoms with Crippen LogP contribution in [0.2, 0.25) is 0 Å². The molecule has 0 amide bonds. The third kappa shape index (κ3) is 4.00. The van der Waals surface area contributed by atoms with Gasteiger partial charge in [0.2, 0.25) is 0 Å². The number of oxime groups is 1. The molecule has 0 saturated heterocycles. The molecule has 18 heavy (non-hydrogen) atoms. The fraction of sp³-hybridized carbons (Fsp3) is 0.538. The fourth-order valence-corrected chi connectivity index (χ4v) is 1.35. The molecule has 1 aromatic rings. The number of pyridine rings is 1. The van der Waals surface area contributed by atoms with Crippen molar-refractivity contribution in [3.63, 3.8) is 0 Å². The van der Waals surface area contributed by atoms with Crippen LogP contribution < -0.4 is 11.1 Å². The summed E-state index contributed by atoms with van der Waals surface area (Å²) in [5, 5.41) is 15.0. The molecular weight excluding hydrogens is 228 g/mol. The van der Waals surface area contributed by atoms with Crippen molar-refractivity contribution in [2.75, 3.05) is 0 Å². The van der Waals surface area contributed by atoms with E-state index in [9.17, 15) is 0 Å². The summed E-state index contributed by atoms with van der Waals surface area (Å²) in [5.74, 6) is 0.0284. The second kappa shape index (κ2) is 5.82. The Morgan fingerprint density at radius 1 is 1.56 bits per heavy atom. The van der Waals surface area contributed by atoms with Crippen LogP contribution in [-0.2, 0) is 6.54 Å². The first-order chi connectivity index (χ1) is 8.34. The van der Waals surface area contributed by atoms with Gasteiger partial charge in [-0.15, -0.1) is 0 Å². The molecule has 1 rings (SSSR count). The molecule has 0 aliphatic heterocycles. The topological polar surface area (TPSA) is 83.5 Å². The number of nitrogens with one attached hydrogen (secondary N) is 1. The Bertz CT molecular complexity index is 423. The maximum atomic E-state index is 8.61. The molecule has 4 N–H and O–H groups in total. The molecule has 0 aliphatic carbocycles. The number of nitrogens with two attached hydrogens (primary N) is 1. The van der Waals surface area contributed by atoms with Gasteiger partial charge in [-0.3, -0.25) is 4.98 Å². The van der Waals surface area contributed by atoms with Crippen LogP contribution in [0.5, 0.6) is 0 Å². The molecule has 0 bridgehead atoms. The zero-order chi connectivity index (χ0) is 13.8. The van der Waals surface area contributed by atoms with E-state index in [1.807, 2.05) is 12.1 Å². The summed E-state index contributed by atoms with van der Waals surface area (Å²) in [6.45, 7) is 9.47. The molecule has 0 saturated carbocycles. The summed E-state index contributed by atoms with van der Waals surface area (Å²) in [7, 11) is 0. The van der Waals surface area contributed by atoms with Gasteiger partial charge in [-0.2, -0.15) is 0 Å². The summed E-state index contributed by atoms with van der Waals surface area (Å²) >= 11 is 0. The Labute approximate surface area is 108 Å². The zero-order valence-corrected chi connectivity index (χ0v) is 11.4. The molecule has 5 nitrogen and oxygen atoms in total. The maximum absolute atomic E-state index is 8.61. The molecule has 1 unspecified atom stereocenters. The Kier molecular flexibility index (Phi) is 4.67. The first kappa shape index (κ1) is 14.4. The monoisotopic (exact) mass is 250 g/mol. The van der Waals surface area contributed by atoms with Gasteiger partial charge in [0.25, 0.3) is 0 Å². The van der Waals surface area contributed by atoms with Gasteiger partial charge in [-0.1, -0.05) is 25.9 Å². The van der Waals surface area contributed by atoms with Crippen LogP contribution in [0.4, 0.5) is 0 Å². The van der Waals surface area contributed by atoms with Crippen molar-refractivity contribution in [3.05, 3.63) is 29.6 Å². The lowest BCUT2D eigenvalue weighted by Crippen LogP contribution is -2.37. The Morgan fingerprint density at radius 3 is 2.78 bits per heavy atom. The highest BCUT2D eigenvalue weighted by atomic mass is 16.4. The van der Waals surface area contributed by atoms with Crippen LogP contribution in [0.1, 0.15) is 39.0 Å². The van der Waals surface area contributed by atoms with Crippen molar-refractivity contribution >= 4 is 5.84 Å². The summed E-state index contributed by atoms with van der Waals surface area (Å²) in [4.78, 5) is 4.04. The number of hydrogen-bond acceptors (Lipinski definition) is 4. The minimum absolute atomic E-state index is 0.0284. The maximum Gasteiger partial charge on any atom is 0.188 e. The molecule has 100 valence electrons. The van der Waals surface area contributed by atoms with Crippen molar-refractivity contribution in [2.24, 2.45) is 16.3 Å². The molecule has 0 aromatic carbocycles. The largest absolute Gasteiger partial charge is 0.409 e. The lowest BCUT2D eigenvalue weighted by Gasteiger charge is -2.28.